The summed E-state index contributed by atoms with van der Waals surface area (Å²) in [6.07, 6.45) is -6.34. The molecule has 4 aliphatic rings. The molecule has 0 bridgehead atoms. The fraction of sp³-hybridized carbons (Fsp3) is 0.600. The number of halogens is 7. The van der Waals surface area contributed by atoms with Gasteiger partial charge in [-0.3, -0.25) is 9.59 Å². The zero-order valence-electron chi connectivity index (χ0n) is 22.8. The van der Waals surface area contributed by atoms with Crippen LogP contribution in [-0.2, 0) is 19.1 Å². The maximum atomic E-state index is 15.4. The predicted octanol–water partition coefficient (Wildman–Crippen LogP) is 7.15. The first-order valence-corrected chi connectivity index (χ1v) is 14.1. The number of hydrogen-bond donors (Lipinski definition) is 0. The summed E-state index contributed by atoms with van der Waals surface area (Å²) in [5, 5.41) is 0. The Balaban J connectivity index is 1.29. The Kier molecular flexibility index (Phi) is 8.00. The van der Waals surface area contributed by atoms with E-state index in [9.17, 15) is 35.9 Å². The van der Waals surface area contributed by atoms with Gasteiger partial charge >= 0.3 is 18.3 Å². The molecule has 1 aromatic rings. The largest absolute Gasteiger partial charge is 0.425 e. The number of hydrogen-bond acceptors (Lipinski definition) is 4. The van der Waals surface area contributed by atoms with Crippen LogP contribution in [0.3, 0.4) is 0 Å². The van der Waals surface area contributed by atoms with Crippen LogP contribution >= 0.6 is 0 Å². The van der Waals surface area contributed by atoms with Gasteiger partial charge in [-0.05, 0) is 56.1 Å². The number of alkyl halides is 6. The highest BCUT2D eigenvalue weighted by molar-refractivity contribution is 5.84. The monoisotopic (exact) mass is 603 g/mol. The second-order valence-electron chi connectivity index (χ2n) is 11.8. The fourth-order valence-electron chi connectivity index (χ4n) is 6.14. The molecule has 5 nitrogen and oxygen atoms in total. The van der Waals surface area contributed by atoms with Crippen LogP contribution in [0, 0.1) is 16.7 Å². The molecule has 230 valence electrons. The number of benzene rings is 1. The van der Waals surface area contributed by atoms with Gasteiger partial charge in [0.1, 0.15) is 11.2 Å². The van der Waals surface area contributed by atoms with Gasteiger partial charge in [0.25, 0.3) is 5.79 Å². The number of carbonyl (C=O) groups is 2. The summed E-state index contributed by atoms with van der Waals surface area (Å²) in [6, 6.07) is 8.51. The number of likely N-dealkylation sites (tertiary alicyclic amines) is 1. The molecule has 1 amide bonds. The van der Waals surface area contributed by atoms with Gasteiger partial charge in [0.05, 0.1) is 12.5 Å². The summed E-state index contributed by atoms with van der Waals surface area (Å²) in [5.74, 6) is -6.67. The summed E-state index contributed by atoms with van der Waals surface area (Å²) in [5.41, 5.74) is -4.46. The van der Waals surface area contributed by atoms with Crippen molar-refractivity contribution >= 4 is 11.9 Å². The van der Waals surface area contributed by atoms with Gasteiger partial charge in [0.2, 0.25) is 5.91 Å². The minimum Gasteiger partial charge on any atom is -0.425 e. The molecule has 1 saturated heterocycles. The molecule has 0 aromatic heterocycles. The molecule has 0 spiro atoms. The van der Waals surface area contributed by atoms with Crippen molar-refractivity contribution in [2.24, 2.45) is 16.7 Å². The van der Waals surface area contributed by atoms with Gasteiger partial charge in [-0.1, -0.05) is 49.2 Å². The first kappa shape index (κ1) is 30.6. The third kappa shape index (κ3) is 5.35. The van der Waals surface area contributed by atoms with Crippen molar-refractivity contribution in [3.63, 3.8) is 0 Å². The number of rotatable bonds is 7. The van der Waals surface area contributed by atoms with E-state index in [-0.39, 0.29) is 57.7 Å². The number of piperidine rings is 1. The van der Waals surface area contributed by atoms with Crippen molar-refractivity contribution in [1.82, 2.24) is 4.90 Å². The van der Waals surface area contributed by atoms with E-state index in [1.807, 2.05) is 0 Å². The Morgan fingerprint density at radius 3 is 1.93 bits per heavy atom. The smallest absolute Gasteiger partial charge is 0.404 e. The Morgan fingerprint density at radius 2 is 1.45 bits per heavy atom. The molecule has 3 fully saturated rings. The fourth-order valence-corrected chi connectivity index (χ4v) is 6.14. The van der Waals surface area contributed by atoms with E-state index in [1.54, 1.807) is 30.3 Å². The third-order valence-electron chi connectivity index (χ3n) is 9.31. The van der Waals surface area contributed by atoms with E-state index in [0.29, 0.717) is 12.0 Å². The summed E-state index contributed by atoms with van der Waals surface area (Å²) in [7, 11) is 0. The normalized spacial score (nSPS) is 27.5. The van der Waals surface area contributed by atoms with Crippen molar-refractivity contribution in [2.45, 2.75) is 75.4 Å². The molecule has 1 heterocycles. The van der Waals surface area contributed by atoms with Gasteiger partial charge < -0.3 is 14.4 Å². The lowest BCUT2D eigenvalue weighted by Gasteiger charge is -2.46. The summed E-state index contributed by atoms with van der Waals surface area (Å²) in [4.78, 5) is 27.0. The maximum absolute atomic E-state index is 15.4. The third-order valence-corrected chi connectivity index (χ3v) is 9.31. The van der Waals surface area contributed by atoms with E-state index < -0.39 is 65.4 Å². The van der Waals surface area contributed by atoms with Crippen molar-refractivity contribution in [3.05, 3.63) is 60.0 Å². The number of amides is 1. The van der Waals surface area contributed by atoms with E-state index in [1.165, 1.54) is 17.1 Å². The highest BCUT2D eigenvalue weighted by atomic mass is 19.4. The lowest BCUT2D eigenvalue weighted by atomic mass is 9.67. The lowest BCUT2D eigenvalue weighted by Crippen LogP contribution is -2.57. The second-order valence-corrected chi connectivity index (χ2v) is 11.8. The van der Waals surface area contributed by atoms with E-state index in [2.05, 4.69) is 0 Å². The number of esters is 1. The first-order chi connectivity index (χ1) is 19.7. The molecule has 2 unspecified atom stereocenters. The van der Waals surface area contributed by atoms with Crippen LogP contribution in [0.5, 0.6) is 0 Å². The highest BCUT2D eigenvalue weighted by Gasteiger charge is 2.66. The molecule has 12 heteroatoms. The van der Waals surface area contributed by atoms with Crippen LogP contribution < -0.4 is 0 Å². The molecule has 5 rings (SSSR count). The van der Waals surface area contributed by atoms with Crippen LogP contribution in [0.2, 0.25) is 0 Å². The minimum atomic E-state index is -4.86. The number of ether oxygens (including phenoxy) is 2. The average molecular weight is 604 g/mol. The van der Waals surface area contributed by atoms with Gasteiger partial charge in [-0.25, -0.2) is 4.39 Å². The minimum absolute atomic E-state index is 0.0464. The van der Waals surface area contributed by atoms with Crippen molar-refractivity contribution in [2.75, 3.05) is 19.7 Å². The van der Waals surface area contributed by atoms with Crippen LogP contribution in [0.1, 0.15) is 62.8 Å². The first-order valence-electron chi connectivity index (χ1n) is 14.1. The molecule has 1 aliphatic heterocycles. The number of nitrogens with zero attached hydrogens (tertiary/aromatic N) is 1. The van der Waals surface area contributed by atoms with E-state index in [4.69, 9.17) is 9.47 Å². The van der Waals surface area contributed by atoms with Gasteiger partial charge in [-0.2, -0.15) is 26.3 Å². The molecular weight excluding hydrogens is 571 g/mol. The Hall–Kier alpha value is -2.89. The summed E-state index contributed by atoms with van der Waals surface area (Å²) in [6.45, 7) is -0.0849. The molecular formula is C30H32F7NO4. The molecule has 2 atom stereocenters. The van der Waals surface area contributed by atoms with Gasteiger partial charge in [-0.15, -0.1) is 0 Å². The van der Waals surface area contributed by atoms with Gasteiger partial charge in [0.15, 0.2) is 5.41 Å². The lowest BCUT2D eigenvalue weighted by molar-refractivity contribution is -0.271. The zero-order valence-corrected chi connectivity index (χ0v) is 22.8. The van der Waals surface area contributed by atoms with Crippen molar-refractivity contribution in [3.8, 4) is 0 Å². The molecule has 1 aromatic carbocycles. The van der Waals surface area contributed by atoms with Crippen molar-refractivity contribution in [1.29, 1.82) is 0 Å². The number of allylic oxidation sites excluding steroid dienone is 2. The maximum Gasteiger partial charge on any atom is 0.404 e. The summed E-state index contributed by atoms with van der Waals surface area (Å²) < 4.78 is 109. The van der Waals surface area contributed by atoms with E-state index in [0.717, 1.165) is 6.08 Å². The number of carbonyl (C=O) groups excluding carboxylic acids is 2. The molecule has 0 N–H and O–H groups in total. The van der Waals surface area contributed by atoms with Crippen LogP contribution in [0.15, 0.2) is 54.4 Å². The van der Waals surface area contributed by atoms with Crippen LogP contribution in [-0.4, -0.2) is 54.6 Å². The molecule has 42 heavy (non-hydrogen) atoms. The molecule has 3 aliphatic carbocycles. The Bertz CT molecular complexity index is 1230. The highest BCUT2D eigenvalue weighted by Crippen LogP contribution is 2.55. The second kappa shape index (κ2) is 11.0. The predicted molar refractivity (Wildman–Crippen MR) is 136 cm³/mol. The molecule has 2 saturated carbocycles. The van der Waals surface area contributed by atoms with Crippen LogP contribution in [0.25, 0.3) is 0 Å². The summed E-state index contributed by atoms with van der Waals surface area (Å²) >= 11 is 0. The van der Waals surface area contributed by atoms with E-state index >= 15 is 4.39 Å². The Labute approximate surface area is 238 Å². The quantitative estimate of drug-likeness (QED) is 0.144. The van der Waals surface area contributed by atoms with Crippen LogP contribution in [0.4, 0.5) is 30.7 Å². The average Bonchev–Trinajstić information content (AvgIpc) is 2.85. The Morgan fingerprint density at radius 1 is 0.881 bits per heavy atom. The topological polar surface area (TPSA) is 55.8 Å². The van der Waals surface area contributed by atoms with Crippen molar-refractivity contribution < 1.29 is 49.8 Å². The standard InChI is InChI=1S/C30H32F7NO4/c31-23-18-28(15-8-22(23)21-6-2-1-3-7-21,42-25(40)27(13-5-14-27)30(35,36)37)41-19-20-9-16-38(17-10-20)24(39)26(11-4-12-26)29(32,33)34/h1-3,6-8,15,18,20,22H,4-5,9-14,16-17,19H2. The SMILES string of the molecule is O=C(OC1(OCC2CCN(C(=O)C3(C(F)(F)F)CCC3)CC2)C=CC(c2ccccc2)C(F)=C1)C1(C(F)(F)F)CCC1. The van der Waals surface area contributed by atoms with Gasteiger partial charge in [0, 0.05) is 19.2 Å². The zero-order chi connectivity index (χ0) is 30.4. The molecule has 0 radical (unpaired) electrons.